The van der Waals surface area contributed by atoms with Crippen LogP contribution in [0.3, 0.4) is 0 Å². The molecule has 0 aromatic heterocycles. The number of nitrogens with zero attached hydrogens (tertiary/aromatic N) is 1. The number of aliphatic hydroxyl groups excluding tert-OH is 1. The Hall–Kier alpha value is -3.62. The third kappa shape index (κ3) is 54.2. The van der Waals surface area contributed by atoms with Crippen LogP contribution >= 0.6 is 7.82 Å². The van der Waals surface area contributed by atoms with Gasteiger partial charge in [0.25, 0.3) is 7.82 Å². The molecule has 0 rings (SSSR count). The van der Waals surface area contributed by atoms with Crippen LogP contribution < -0.4 is 10.2 Å². The minimum absolute atomic E-state index is 0.0159. The Bertz CT molecular complexity index is 1670. The third-order valence-electron chi connectivity index (χ3n) is 11.6. The normalized spacial score (nSPS) is 15.0. The lowest BCUT2D eigenvalue weighted by molar-refractivity contribution is -0.870. The largest absolute Gasteiger partial charge is 0.756 e. The zero-order chi connectivity index (χ0) is 52.7. The van der Waals surface area contributed by atoms with Crippen molar-refractivity contribution in [2.45, 2.75) is 206 Å². The van der Waals surface area contributed by atoms with Crippen molar-refractivity contribution in [3.8, 4) is 0 Å². The second kappa shape index (κ2) is 52.3. The van der Waals surface area contributed by atoms with Gasteiger partial charge in [0.05, 0.1) is 39.9 Å². The Balaban J connectivity index is 4.26. The summed E-state index contributed by atoms with van der Waals surface area (Å²) >= 11 is 0. The van der Waals surface area contributed by atoms with Crippen molar-refractivity contribution in [2.24, 2.45) is 0 Å². The van der Waals surface area contributed by atoms with E-state index < -0.39 is 26.6 Å². The lowest BCUT2D eigenvalue weighted by Gasteiger charge is -2.29. The Morgan fingerprint density at radius 1 is 0.500 bits per heavy atom. The van der Waals surface area contributed by atoms with Crippen LogP contribution in [0, 0.1) is 0 Å². The molecule has 3 unspecified atom stereocenters. The lowest BCUT2D eigenvalue weighted by Crippen LogP contribution is -2.45. The zero-order valence-corrected chi connectivity index (χ0v) is 47.2. The summed E-state index contributed by atoms with van der Waals surface area (Å²) in [6.07, 6.45) is 80.6. The fourth-order valence-corrected chi connectivity index (χ4v) is 7.88. The van der Waals surface area contributed by atoms with Crippen molar-refractivity contribution in [1.82, 2.24) is 5.32 Å². The fraction of sp³-hybridized carbons (Fsp3) is 0.603. The summed E-state index contributed by atoms with van der Waals surface area (Å²) in [5.41, 5.74) is 0. The zero-order valence-electron chi connectivity index (χ0n) is 46.3. The molecular weight excluding hydrogens is 912 g/mol. The van der Waals surface area contributed by atoms with Crippen molar-refractivity contribution < 1.29 is 32.9 Å². The van der Waals surface area contributed by atoms with Gasteiger partial charge >= 0.3 is 0 Å². The van der Waals surface area contributed by atoms with E-state index in [1.807, 2.05) is 27.2 Å². The van der Waals surface area contributed by atoms with Crippen LogP contribution in [-0.4, -0.2) is 68.5 Å². The number of nitrogens with one attached hydrogen (secondary N) is 1. The van der Waals surface area contributed by atoms with Crippen molar-refractivity contribution in [2.75, 3.05) is 40.9 Å². The van der Waals surface area contributed by atoms with Crippen LogP contribution in [0.5, 0.6) is 0 Å². The highest BCUT2D eigenvalue weighted by Crippen LogP contribution is 2.38. The number of aliphatic hydroxyl groups is 1. The van der Waals surface area contributed by atoms with Crippen LogP contribution in [0.25, 0.3) is 0 Å². The minimum Gasteiger partial charge on any atom is -0.756 e. The van der Waals surface area contributed by atoms with Gasteiger partial charge in [0.15, 0.2) is 0 Å². The van der Waals surface area contributed by atoms with Gasteiger partial charge in [0, 0.05) is 6.42 Å². The summed E-state index contributed by atoms with van der Waals surface area (Å²) in [5.74, 6) is -0.237. The molecule has 0 bridgehead atoms. The van der Waals surface area contributed by atoms with E-state index in [1.54, 1.807) is 6.08 Å². The number of phosphoric acid groups is 1. The molecule has 9 heteroatoms. The number of amides is 1. The van der Waals surface area contributed by atoms with Crippen molar-refractivity contribution in [3.05, 3.63) is 146 Å². The predicted molar refractivity (Wildman–Crippen MR) is 311 cm³/mol. The summed E-state index contributed by atoms with van der Waals surface area (Å²) in [7, 11) is 1.21. The molecule has 0 spiro atoms. The van der Waals surface area contributed by atoms with E-state index >= 15 is 0 Å². The number of likely N-dealkylation sites (N-methyl/N-ethyl adjacent to an activating group) is 1. The van der Waals surface area contributed by atoms with Crippen LogP contribution in [0.15, 0.2) is 146 Å². The van der Waals surface area contributed by atoms with Gasteiger partial charge in [0.2, 0.25) is 5.91 Å². The second-order valence-corrected chi connectivity index (χ2v) is 21.0. The molecule has 0 aliphatic carbocycles. The summed E-state index contributed by atoms with van der Waals surface area (Å²) in [5, 5.41) is 13.8. The van der Waals surface area contributed by atoms with Crippen LogP contribution in [0.1, 0.15) is 194 Å². The van der Waals surface area contributed by atoms with Gasteiger partial charge in [-0.25, -0.2) is 0 Å². The number of quaternary nitrogens is 1. The highest BCUT2D eigenvalue weighted by Gasteiger charge is 2.23. The highest BCUT2D eigenvalue weighted by molar-refractivity contribution is 7.45. The molecular formula is C63H105N2O6P. The number of carbonyl (C=O) groups is 1. The molecule has 3 atom stereocenters. The number of carbonyl (C=O) groups excluding carboxylic acids is 1. The second-order valence-electron chi connectivity index (χ2n) is 19.6. The van der Waals surface area contributed by atoms with Gasteiger partial charge in [-0.05, 0) is 103 Å². The first-order valence-electron chi connectivity index (χ1n) is 28.2. The summed E-state index contributed by atoms with van der Waals surface area (Å²) < 4.78 is 23.2. The van der Waals surface area contributed by atoms with E-state index in [4.69, 9.17) is 9.05 Å². The summed E-state index contributed by atoms with van der Waals surface area (Å²) in [6.45, 7) is 4.47. The predicted octanol–water partition coefficient (Wildman–Crippen LogP) is 16.7. The van der Waals surface area contributed by atoms with Gasteiger partial charge in [-0.1, -0.05) is 230 Å². The number of hydrogen-bond acceptors (Lipinski definition) is 6. The molecule has 2 N–H and O–H groups in total. The van der Waals surface area contributed by atoms with E-state index in [2.05, 4.69) is 153 Å². The first-order chi connectivity index (χ1) is 35.0. The molecule has 0 heterocycles. The molecule has 0 radical (unpaired) electrons. The molecule has 0 saturated heterocycles. The molecule has 1 amide bonds. The summed E-state index contributed by atoms with van der Waals surface area (Å²) in [6, 6.07) is -0.915. The highest BCUT2D eigenvalue weighted by atomic mass is 31.2. The Morgan fingerprint density at radius 2 is 0.847 bits per heavy atom. The van der Waals surface area contributed by atoms with Gasteiger partial charge in [-0.2, -0.15) is 0 Å². The first kappa shape index (κ1) is 68.4. The maximum Gasteiger partial charge on any atom is 0.268 e. The van der Waals surface area contributed by atoms with Crippen molar-refractivity contribution in [1.29, 1.82) is 0 Å². The quantitative estimate of drug-likeness (QED) is 0.0272. The molecule has 0 saturated carbocycles. The summed E-state index contributed by atoms with van der Waals surface area (Å²) in [4.78, 5) is 25.4. The molecule has 0 fully saturated rings. The van der Waals surface area contributed by atoms with Gasteiger partial charge in [-0.3, -0.25) is 9.36 Å². The van der Waals surface area contributed by atoms with E-state index in [-0.39, 0.29) is 12.5 Å². The van der Waals surface area contributed by atoms with Crippen molar-refractivity contribution in [3.63, 3.8) is 0 Å². The number of phosphoric ester groups is 1. The Morgan fingerprint density at radius 3 is 1.24 bits per heavy atom. The average molecular weight is 1020 g/mol. The molecule has 0 aromatic rings. The SMILES string of the molecule is CC/C=C\C/C=C\C/C=C\C/C=C\C/C=C\C/C=C\C/C=C\C/C=C\C/C=C\C/C=C\C/C=C\CCCCCC(=O)NC(COP(=O)([O-])OCC[N+](C)(C)C)C(O)/C=C/CCCCCCCCCCCCC. The number of unbranched alkanes of at least 4 members (excludes halogenated alkanes) is 14. The number of rotatable bonds is 49. The standard InChI is InChI=1S/C63H105N2O6P/c1-6-8-10-12-14-16-18-20-21-22-23-24-25-26-27-28-29-30-31-32-33-34-35-36-37-38-39-40-41-42-43-45-47-49-51-53-55-57-63(67)64-61(60-71-72(68,69)70-59-58-65(3,4)5)62(66)56-54-52-50-48-46-44-19-17-15-13-11-9-7-2/h8,10,14,16,20-21,23-24,26-27,29-30,32-33,35-36,38-39,41-42,45,47,54,56,61-62,66H,6-7,9,11-13,15,17-19,22,25,28,31,34,37,40,43-44,46,48-53,55,57-60H2,1-5H3,(H-,64,67,68,69)/b10-8-,16-14-,21-20-,24-23-,27-26-,30-29-,33-32-,36-35-,39-38-,42-41-,47-45-,56-54+. The van der Waals surface area contributed by atoms with Gasteiger partial charge < -0.3 is 28.8 Å². The maximum absolute atomic E-state index is 12.9. The Labute approximate surface area is 442 Å². The molecule has 0 aliphatic heterocycles. The smallest absolute Gasteiger partial charge is 0.268 e. The van der Waals surface area contributed by atoms with E-state index in [0.717, 1.165) is 109 Å². The van der Waals surface area contributed by atoms with Gasteiger partial charge in [0.1, 0.15) is 13.2 Å². The number of hydrogen-bond donors (Lipinski definition) is 2. The maximum atomic E-state index is 12.9. The minimum atomic E-state index is -4.61. The fourth-order valence-electron chi connectivity index (χ4n) is 7.16. The van der Waals surface area contributed by atoms with Gasteiger partial charge in [-0.15, -0.1) is 0 Å². The average Bonchev–Trinajstić information content (AvgIpc) is 3.34. The molecule has 408 valence electrons. The molecule has 0 aromatic carbocycles. The van der Waals surface area contributed by atoms with E-state index in [0.29, 0.717) is 23.9 Å². The van der Waals surface area contributed by atoms with E-state index in [1.165, 1.54) is 57.8 Å². The number of allylic oxidation sites excluding steroid dienone is 23. The third-order valence-corrected chi connectivity index (χ3v) is 12.5. The first-order valence-corrected chi connectivity index (χ1v) is 29.7. The van der Waals surface area contributed by atoms with Crippen LogP contribution in [0.4, 0.5) is 0 Å². The Kier molecular flexibility index (Phi) is 49.6. The van der Waals surface area contributed by atoms with Crippen LogP contribution in [0.2, 0.25) is 0 Å². The molecule has 0 aliphatic rings. The van der Waals surface area contributed by atoms with Crippen LogP contribution in [-0.2, 0) is 18.4 Å². The monoisotopic (exact) mass is 1020 g/mol. The molecule has 72 heavy (non-hydrogen) atoms. The molecule has 8 nitrogen and oxygen atoms in total. The van der Waals surface area contributed by atoms with Crippen molar-refractivity contribution >= 4 is 13.7 Å². The lowest BCUT2D eigenvalue weighted by atomic mass is 10.0. The topological polar surface area (TPSA) is 108 Å². The van der Waals surface area contributed by atoms with E-state index in [9.17, 15) is 19.4 Å².